The van der Waals surface area contributed by atoms with Crippen molar-refractivity contribution in [1.29, 1.82) is 0 Å². The molecule has 0 atom stereocenters. The minimum Gasteiger partial charge on any atom is -0.255 e. The molecule has 0 radical (unpaired) electrons. The third-order valence-electron chi connectivity index (χ3n) is 2.00. The molecular formula is C11H11NS. The van der Waals surface area contributed by atoms with Gasteiger partial charge in [0.15, 0.2) is 0 Å². The van der Waals surface area contributed by atoms with Gasteiger partial charge >= 0.3 is 0 Å². The van der Waals surface area contributed by atoms with Gasteiger partial charge in [0.05, 0.1) is 5.36 Å². The van der Waals surface area contributed by atoms with Gasteiger partial charge in [-0.3, -0.25) is 4.99 Å². The monoisotopic (exact) mass is 189 g/mol. The summed E-state index contributed by atoms with van der Waals surface area (Å²) in [5, 5.41) is 3.67. The van der Waals surface area contributed by atoms with Gasteiger partial charge in [-0.05, 0) is 24.8 Å². The molecule has 0 heterocycles. The number of nitrogens with zero attached hydrogens (tertiary/aromatic N) is 1. The molecule has 0 bridgehead atoms. The molecule has 0 aliphatic carbocycles. The van der Waals surface area contributed by atoms with Crippen LogP contribution < -0.4 is 5.36 Å². The Kier molecular flexibility index (Phi) is 2.00. The van der Waals surface area contributed by atoms with Crippen molar-refractivity contribution in [2.45, 2.75) is 13.8 Å². The number of allylic oxidation sites excluding steroid dienone is 1. The van der Waals surface area contributed by atoms with E-state index in [2.05, 4.69) is 42.7 Å². The zero-order valence-electron chi connectivity index (χ0n) is 7.70. The van der Waals surface area contributed by atoms with E-state index in [-0.39, 0.29) is 0 Å². The molecule has 0 spiro atoms. The van der Waals surface area contributed by atoms with E-state index in [1.54, 1.807) is 6.20 Å². The van der Waals surface area contributed by atoms with Crippen LogP contribution in [0.15, 0.2) is 34.3 Å². The van der Waals surface area contributed by atoms with E-state index in [0.717, 1.165) is 10.3 Å². The maximum absolute atomic E-state index is 4.32. The first-order chi connectivity index (χ1) is 6.18. The zero-order valence-corrected chi connectivity index (χ0v) is 8.60. The lowest BCUT2D eigenvalue weighted by atomic mass is 10.2. The third kappa shape index (κ3) is 1.68. The van der Waals surface area contributed by atoms with Crippen LogP contribution in [-0.4, -0.2) is 0 Å². The molecule has 2 heteroatoms. The summed E-state index contributed by atoms with van der Waals surface area (Å²) >= 11 is 4.15. The van der Waals surface area contributed by atoms with Crippen molar-refractivity contribution in [3.63, 3.8) is 0 Å². The Morgan fingerprint density at radius 1 is 1.38 bits per heavy atom. The van der Waals surface area contributed by atoms with E-state index < -0.39 is 0 Å². The Morgan fingerprint density at radius 2 is 2.15 bits per heavy atom. The fourth-order valence-corrected chi connectivity index (χ4v) is 1.37. The molecular weight excluding hydrogens is 178 g/mol. The normalized spacial score (nSPS) is 14.7. The second kappa shape index (κ2) is 3.04. The van der Waals surface area contributed by atoms with Gasteiger partial charge in [0.25, 0.3) is 0 Å². The van der Waals surface area contributed by atoms with Crippen molar-refractivity contribution in [2.24, 2.45) is 4.99 Å². The van der Waals surface area contributed by atoms with Crippen molar-refractivity contribution >= 4 is 23.4 Å². The quantitative estimate of drug-likeness (QED) is 0.662. The summed E-state index contributed by atoms with van der Waals surface area (Å²) in [7, 11) is 0. The number of aryl methyl sites for hydroxylation is 1. The van der Waals surface area contributed by atoms with Crippen molar-refractivity contribution in [3.05, 3.63) is 40.2 Å². The number of rotatable bonds is 1. The Labute approximate surface area is 82.9 Å². The van der Waals surface area contributed by atoms with Gasteiger partial charge in [-0.2, -0.15) is 0 Å². The lowest BCUT2D eigenvalue weighted by Gasteiger charge is -1.81. The maximum Gasteiger partial charge on any atom is 0.0788 e. The molecule has 2 aromatic carbocycles. The second-order valence-electron chi connectivity index (χ2n) is 3.30. The van der Waals surface area contributed by atoms with Crippen LogP contribution in [0.4, 0.5) is 0 Å². The summed E-state index contributed by atoms with van der Waals surface area (Å²) in [5.41, 5.74) is 1.29. The summed E-state index contributed by atoms with van der Waals surface area (Å²) in [6, 6.07) is 6.39. The number of fused-ring (bicyclic) bond motifs is 1. The fourth-order valence-electron chi connectivity index (χ4n) is 1.31. The molecule has 0 unspecified atom stereocenters. The van der Waals surface area contributed by atoms with Crippen LogP contribution in [0.3, 0.4) is 0 Å². The average molecular weight is 189 g/mol. The van der Waals surface area contributed by atoms with E-state index >= 15 is 0 Å². The molecule has 0 aliphatic heterocycles. The van der Waals surface area contributed by atoms with Crippen LogP contribution in [0.2, 0.25) is 0 Å². The standard InChI is InChI=1S/C11H11NS/c1-7-3-4-9-10(5-7)11(9)12-6-8(2)13/h3-6,13H,1-2H3/b8-6-,12-11+. The van der Waals surface area contributed by atoms with Crippen LogP contribution in [0.1, 0.15) is 12.5 Å². The molecule has 0 fully saturated rings. The molecule has 66 valence electrons. The van der Waals surface area contributed by atoms with Crippen molar-refractivity contribution in [2.75, 3.05) is 0 Å². The molecule has 0 saturated carbocycles. The minimum absolute atomic E-state index is 0.932. The average Bonchev–Trinajstić information content (AvgIpc) is 2.73. The highest BCUT2D eigenvalue weighted by atomic mass is 32.1. The summed E-state index contributed by atoms with van der Waals surface area (Å²) in [5.74, 6) is 0. The molecule has 0 saturated heterocycles. The number of hydrogen-bond acceptors (Lipinski definition) is 2. The van der Waals surface area contributed by atoms with Crippen molar-refractivity contribution < 1.29 is 0 Å². The smallest absolute Gasteiger partial charge is 0.0788 e. The summed E-state index contributed by atoms with van der Waals surface area (Å²) in [4.78, 5) is 5.25. The van der Waals surface area contributed by atoms with Crippen LogP contribution in [0, 0.1) is 6.92 Å². The van der Waals surface area contributed by atoms with E-state index in [1.807, 2.05) is 6.92 Å². The maximum atomic E-state index is 4.32. The largest absolute Gasteiger partial charge is 0.255 e. The van der Waals surface area contributed by atoms with Crippen LogP contribution in [0.25, 0.3) is 10.8 Å². The highest BCUT2D eigenvalue weighted by Gasteiger charge is 2.07. The minimum atomic E-state index is 0.932. The van der Waals surface area contributed by atoms with E-state index in [9.17, 15) is 0 Å². The van der Waals surface area contributed by atoms with E-state index in [0.29, 0.717) is 0 Å². The van der Waals surface area contributed by atoms with Gasteiger partial charge < -0.3 is 0 Å². The first kappa shape index (κ1) is 8.57. The Balaban J connectivity index is 2.47. The number of benzene rings is 1. The molecule has 2 rings (SSSR count). The van der Waals surface area contributed by atoms with Crippen LogP contribution in [0.5, 0.6) is 0 Å². The first-order valence-corrected chi connectivity index (χ1v) is 4.68. The summed E-state index contributed by atoms with van der Waals surface area (Å²) < 4.78 is 0. The lowest BCUT2D eigenvalue weighted by molar-refractivity contribution is 1.42. The van der Waals surface area contributed by atoms with Gasteiger partial charge in [0, 0.05) is 17.0 Å². The number of hydrogen-bond donors (Lipinski definition) is 1. The first-order valence-electron chi connectivity index (χ1n) is 4.23. The van der Waals surface area contributed by atoms with Gasteiger partial charge in [0.1, 0.15) is 0 Å². The zero-order chi connectivity index (χ0) is 9.42. The Hall–Kier alpha value is -1.02. The molecule has 0 N–H and O–H groups in total. The van der Waals surface area contributed by atoms with Crippen molar-refractivity contribution in [1.82, 2.24) is 0 Å². The molecule has 0 aromatic heterocycles. The van der Waals surface area contributed by atoms with E-state index in [4.69, 9.17) is 0 Å². The summed E-state index contributed by atoms with van der Waals surface area (Å²) in [6.45, 7) is 4.02. The fraction of sp³-hybridized carbons (Fsp3) is 0.182. The predicted octanol–water partition coefficient (Wildman–Crippen LogP) is 2.72. The van der Waals surface area contributed by atoms with Crippen LogP contribution in [-0.2, 0) is 0 Å². The predicted molar refractivity (Wildman–Crippen MR) is 59.4 cm³/mol. The summed E-state index contributed by atoms with van der Waals surface area (Å²) in [6.07, 6.45) is 1.79. The third-order valence-corrected chi connectivity index (χ3v) is 2.12. The van der Waals surface area contributed by atoms with Gasteiger partial charge in [-0.1, -0.05) is 17.7 Å². The molecule has 13 heavy (non-hydrogen) atoms. The molecule has 1 nitrogen and oxygen atoms in total. The van der Waals surface area contributed by atoms with Gasteiger partial charge in [-0.25, -0.2) is 0 Å². The lowest BCUT2D eigenvalue weighted by Crippen LogP contribution is -1.76. The Morgan fingerprint density at radius 3 is 2.77 bits per heavy atom. The highest BCUT2D eigenvalue weighted by Crippen LogP contribution is 2.16. The molecule has 2 aromatic rings. The van der Waals surface area contributed by atoms with Crippen LogP contribution >= 0.6 is 12.6 Å². The molecule has 0 aliphatic rings. The van der Waals surface area contributed by atoms with Gasteiger partial charge in [0.2, 0.25) is 0 Å². The molecule has 0 amide bonds. The van der Waals surface area contributed by atoms with Crippen molar-refractivity contribution in [3.8, 4) is 0 Å². The van der Waals surface area contributed by atoms with E-state index in [1.165, 1.54) is 16.3 Å². The highest BCUT2D eigenvalue weighted by molar-refractivity contribution is 7.84. The Bertz CT molecular complexity index is 495. The second-order valence-corrected chi connectivity index (χ2v) is 4.00. The van der Waals surface area contributed by atoms with Gasteiger partial charge in [-0.15, -0.1) is 12.6 Å². The number of thiol groups is 1. The SMILES string of the molecule is C/C(S)=C/N=c1\c2ccc(C)cc12. The topological polar surface area (TPSA) is 12.4 Å².